The molecule has 4 nitrogen and oxygen atoms in total. The molecule has 1 N–H and O–H groups in total. The fraction of sp³-hybridized carbons (Fsp3) is 0.588. The average Bonchev–Trinajstić information content (AvgIpc) is 2.54. The lowest BCUT2D eigenvalue weighted by Crippen LogP contribution is -2.45. The van der Waals surface area contributed by atoms with E-state index in [0.29, 0.717) is 12.6 Å². The van der Waals surface area contributed by atoms with Crippen LogP contribution in [0.5, 0.6) is 0 Å². The van der Waals surface area contributed by atoms with Crippen LogP contribution in [0.15, 0.2) is 24.3 Å². The molecule has 1 aromatic carbocycles. The van der Waals surface area contributed by atoms with Crippen molar-refractivity contribution in [3.63, 3.8) is 0 Å². The maximum atomic E-state index is 11.7. The van der Waals surface area contributed by atoms with Gasteiger partial charge in [-0.3, -0.25) is 0 Å². The van der Waals surface area contributed by atoms with Crippen molar-refractivity contribution >= 4 is 6.09 Å². The maximum Gasteiger partial charge on any atom is 0.409 e. The van der Waals surface area contributed by atoms with Gasteiger partial charge in [0.15, 0.2) is 0 Å². The third-order valence-corrected chi connectivity index (χ3v) is 4.10. The Hall–Kier alpha value is -1.55. The molecule has 1 saturated heterocycles. The van der Waals surface area contributed by atoms with Crippen LogP contribution in [0.4, 0.5) is 4.79 Å². The molecule has 0 aromatic heterocycles. The summed E-state index contributed by atoms with van der Waals surface area (Å²) in [6.07, 6.45) is 2.88. The molecule has 0 radical (unpaired) electrons. The first-order chi connectivity index (χ1) is 10.2. The smallest absolute Gasteiger partial charge is 0.409 e. The molecular formula is C17H26N2O2. The van der Waals surface area contributed by atoms with Crippen molar-refractivity contribution in [1.82, 2.24) is 10.2 Å². The van der Waals surface area contributed by atoms with Gasteiger partial charge in [0.05, 0.1) is 6.61 Å². The first-order valence-corrected chi connectivity index (χ1v) is 7.96. The summed E-state index contributed by atoms with van der Waals surface area (Å²) in [5, 5.41) is 3.63. The van der Waals surface area contributed by atoms with Gasteiger partial charge in [0, 0.05) is 25.7 Å². The second-order valence-electron chi connectivity index (χ2n) is 5.46. The number of nitrogens with one attached hydrogen (secondary N) is 1. The summed E-state index contributed by atoms with van der Waals surface area (Å²) in [6.45, 7) is 6.96. The second-order valence-corrected chi connectivity index (χ2v) is 5.46. The minimum absolute atomic E-state index is 0.174. The van der Waals surface area contributed by atoms with Crippen LogP contribution in [0.2, 0.25) is 0 Å². The Balaban J connectivity index is 1.77. The molecule has 0 spiro atoms. The molecule has 1 aliphatic heterocycles. The van der Waals surface area contributed by atoms with E-state index in [1.807, 2.05) is 11.8 Å². The lowest BCUT2D eigenvalue weighted by Gasteiger charge is -2.31. The van der Waals surface area contributed by atoms with Crippen molar-refractivity contribution in [1.29, 1.82) is 0 Å². The Morgan fingerprint density at radius 2 is 1.90 bits per heavy atom. The topological polar surface area (TPSA) is 41.6 Å². The predicted molar refractivity (Wildman–Crippen MR) is 84.3 cm³/mol. The summed E-state index contributed by atoms with van der Waals surface area (Å²) < 4.78 is 5.04. The van der Waals surface area contributed by atoms with Gasteiger partial charge in [-0.15, -0.1) is 0 Å². The number of hydrogen-bond donors (Lipinski definition) is 1. The largest absolute Gasteiger partial charge is 0.450 e. The van der Waals surface area contributed by atoms with Gasteiger partial charge < -0.3 is 15.0 Å². The van der Waals surface area contributed by atoms with Crippen molar-refractivity contribution in [3.8, 4) is 0 Å². The Kier molecular flexibility index (Phi) is 6.05. The van der Waals surface area contributed by atoms with E-state index < -0.39 is 0 Å². The normalized spacial score (nSPS) is 16.0. The van der Waals surface area contributed by atoms with Crippen LogP contribution in [0, 0.1) is 0 Å². The van der Waals surface area contributed by atoms with Gasteiger partial charge in [-0.05, 0) is 37.3 Å². The molecule has 116 valence electrons. The van der Waals surface area contributed by atoms with Gasteiger partial charge in [-0.2, -0.15) is 0 Å². The molecule has 0 bridgehead atoms. The number of benzene rings is 1. The minimum atomic E-state index is -0.174. The highest BCUT2D eigenvalue weighted by Crippen LogP contribution is 2.14. The summed E-state index contributed by atoms with van der Waals surface area (Å²) >= 11 is 0. The van der Waals surface area contributed by atoms with Gasteiger partial charge in [-0.1, -0.05) is 31.2 Å². The summed E-state index contributed by atoms with van der Waals surface area (Å²) in [4.78, 5) is 13.5. The number of rotatable bonds is 5. The van der Waals surface area contributed by atoms with E-state index in [4.69, 9.17) is 4.74 Å². The SMILES string of the molecule is CCOC(=O)N1CCC(NCc2ccccc2CC)CC1. The van der Waals surface area contributed by atoms with Crippen molar-refractivity contribution in [2.45, 2.75) is 45.7 Å². The number of carbonyl (C=O) groups excluding carboxylic acids is 1. The van der Waals surface area contributed by atoms with E-state index in [1.54, 1.807) is 0 Å². The molecular weight excluding hydrogens is 264 g/mol. The number of amides is 1. The van der Waals surface area contributed by atoms with Crippen LogP contribution in [0.25, 0.3) is 0 Å². The Bertz CT molecular complexity index is 454. The lowest BCUT2D eigenvalue weighted by molar-refractivity contribution is 0.0950. The standard InChI is InChI=1S/C17H26N2O2/c1-3-14-7-5-6-8-15(14)13-18-16-9-11-19(12-10-16)17(20)21-4-2/h5-8,16,18H,3-4,9-13H2,1-2H3. The average molecular weight is 290 g/mol. The van der Waals surface area contributed by atoms with E-state index in [2.05, 4.69) is 36.5 Å². The number of hydrogen-bond acceptors (Lipinski definition) is 3. The highest BCUT2D eigenvalue weighted by atomic mass is 16.6. The van der Waals surface area contributed by atoms with E-state index in [0.717, 1.165) is 38.9 Å². The van der Waals surface area contributed by atoms with E-state index >= 15 is 0 Å². The zero-order chi connectivity index (χ0) is 15.1. The van der Waals surface area contributed by atoms with Gasteiger partial charge in [0.2, 0.25) is 0 Å². The molecule has 0 saturated carbocycles. The number of ether oxygens (including phenoxy) is 1. The monoisotopic (exact) mass is 290 g/mol. The number of aryl methyl sites for hydroxylation is 1. The molecule has 4 heteroatoms. The summed E-state index contributed by atoms with van der Waals surface area (Å²) in [7, 11) is 0. The van der Waals surface area contributed by atoms with E-state index in [9.17, 15) is 4.79 Å². The van der Waals surface area contributed by atoms with Crippen molar-refractivity contribution in [2.75, 3.05) is 19.7 Å². The number of piperidine rings is 1. The van der Waals surface area contributed by atoms with Crippen molar-refractivity contribution < 1.29 is 9.53 Å². The lowest BCUT2D eigenvalue weighted by atomic mass is 10.0. The molecule has 1 heterocycles. The Morgan fingerprint density at radius 3 is 2.52 bits per heavy atom. The van der Waals surface area contributed by atoms with Crippen LogP contribution in [0.1, 0.15) is 37.8 Å². The molecule has 0 aliphatic carbocycles. The predicted octanol–water partition coefficient (Wildman–Crippen LogP) is 2.96. The Morgan fingerprint density at radius 1 is 1.24 bits per heavy atom. The number of nitrogens with zero attached hydrogens (tertiary/aromatic N) is 1. The molecule has 2 rings (SSSR count). The zero-order valence-electron chi connectivity index (χ0n) is 13.1. The van der Waals surface area contributed by atoms with Crippen LogP contribution in [0.3, 0.4) is 0 Å². The summed E-state index contributed by atoms with van der Waals surface area (Å²) in [6, 6.07) is 9.07. The zero-order valence-corrected chi connectivity index (χ0v) is 13.1. The quantitative estimate of drug-likeness (QED) is 0.906. The van der Waals surface area contributed by atoms with E-state index in [-0.39, 0.29) is 6.09 Å². The van der Waals surface area contributed by atoms with Crippen LogP contribution in [-0.4, -0.2) is 36.7 Å². The highest BCUT2D eigenvalue weighted by Gasteiger charge is 2.23. The first kappa shape index (κ1) is 15.8. The van der Waals surface area contributed by atoms with E-state index in [1.165, 1.54) is 11.1 Å². The molecule has 1 aromatic rings. The van der Waals surface area contributed by atoms with Crippen LogP contribution < -0.4 is 5.32 Å². The second kappa shape index (κ2) is 8.03. The number of carbonyl (C=O) groups is 1. The van der Waals surface area contributed by atoms with Gasteiger partial charge in [0.1, 0.15) is 0 Å². The minimum Gasteiger partial charge on any atom is -0.450 e. The van der Waals surface area contributed by atoms with Gasteiger partial charge in [-0.25, -0.2) is 4.79 Å². The summed E-state index contributed by atoms with van der Waals surface area (Å²) in [5.41, 5.74) is 2.79. The summed E-state index contributed by atoms with van der Waals surface area (Å²) in [5.74, 6) is 0. The molecule has 0 atom stereocenters. The maximum absolute atomic E-state index is 11.7. The first-order valence-electron chi connectivity index (χ1n) is 7.96. The van der Waals surface area contributed by atoms with Crippen molar-refractivity contribution in [3.05, 3.63) is 35.4 Å². The Labute approximate surface area is 127 Å². The third-order valence-electron chi connectivity index (χ3n) is 4.10. The third kappa shape index (κ3) is 4.46. The highest BCUT2D eigenvalue weighted by molar-refractivity contribution is 5.67. The molecule has 0 unspecified atom stereocenters. The van der Waals surface area contributed by atoms with Crippen LogP contribution in [-0.2, 0) is 17.7 Å². The molecule has 1 amide bonds. The fourth-order valence-electron chi connectivity index (χ4n) is 2.81. The van der Waals surface area contributed by atoms with Crippen molar-refractivity contribution in [2.24, 2.45) is 0 Å². The fourth-order valence-corrected chi connectivity index (χ4v) is 2.81. The molecule has 21 heavy (non-hydrogen) atoms. The van der Waals surface area contributed by atoms with Gasteiger partial charge in [0.25, 0.3) is 0 Å². The van der Waals surface area contributed by atoms with Gasteiger partial charge >= 0.3 is 6.09 Å². The molecule has 1 fully saturated rings. The van der Waals surface area contributed by atoms with Crippen LogP contribution >= 0.6 is 0 Å². The number of likely N-dealkylation sites (tertiary alicyclic amines) is 1. The molecule has 1 aliphatic rings.